The van der Waals surface area contributed by atoms with Gasteiger partial charge in [-0.1, -0.05) is 0 Å². The van der Waals surface area contributed by atoms with Crippen LogP contribution >= 0.6 is 0 Å². The van der Waals surface area contributed by atoms with E-state index < -0.39 is 23.4 Å². The van der Waals surface area contributed by atoms with Crippen molar-refractivity contribution >= 4 is 17.4 Å². The van der Waals surface area contributed by atoms with Crippen LogP contribution in [0.5, 0.6) is 5.75 Å². The number of ether oxygens (including phenoxy) is 1. The van der Waals surface area contributed by atoms with Crippen LogP contribution in [0.4, 0.5) is 23.4 Å². The summed E-state index contributed by atoms with van der Waals surface area (Å²) in [6, 6.07) is 7.26. The Hall–Kier alpha value is -3.52. The summed E-state index contributed by atoms with van der Waals surface area (Å²) in [5.74, 6) is -1.18. The molecule has 0 radical (unpaired) electrons. The first-order valence-corrected chi connectivity index (χ1v) is 12.2. The lowest BCUT2D eigenvalue weighted by Crippen LogP contribution is -2.49. The zero-order valence-electron chi connectivity index (χ0n) is 20.7. The molecule has 38 heavy (non-hydrogen) atoms. The fourth-order valence-electron chi connectivity index (χ4n) is 4.75. The minimum Gasteiger partial charge on any atom is -0.492 e. The van der Waals surface area contributed by atoms with E-state index in [1.165, 1.54) is 18.2 Å². The minimum atomic E-state index is -4.70. The Bertz CT molecular complexity index is 1320. The topological polar surface area (TPSA) is 99.3 Å². The molecule has 14 heteroatoms. The van der Waals surface area contributed by atoms with E-state index in [1.54, 1.807) is 29.0 Å². The molecule has 2 aromatic heterocycles. The van der Waals surface area contributed by atoms with Gasteiger partial charge in [0.1, 0.15) is 24.0 Å². The number of rotatable bonds is 6. The molecule has 0 saturated carbocycles. The number of likely N-dealkylation sites (N-methyl/N-ethyl adjacent to an activating group) is 1. The van der Waals surface area contributed by atoms with Crippen LogP contribution in [-0.4, -0.2) is 93.5 Å². The standard InChI is InChI=1S/C24H27F4N7O3/c1-32-10-11-33(15-21(32)36)12-13-38-16-2-3-17(18(25)14-16)23(37)6-8-34(9-7-23)20-5-4-19-29-30-22(24(26,27)28)35(19)31-20/h2-5,14,37H,6-13,15H2,1H3. The molecule has 204 valence electrons. The summed E-state index contributed by atoms with van der Waals surface area (Å²) in [4.78, 5) is 17.2. The number of piperazine rings is 1. The zero-order chi connectivity index (χ0) is 27.1. The second-order valence-corrected chi connectivity index (χ2v) is 9.58. The van der Waals surface area contributed by atoms with E-state index in [1.807, 2.05) is 4.90 Å². The summed E-state index contributed by atoms with van der Waals surface area (Å²) >= 11 is 0. The third kappa shape index (κ3) is 5.23. The quantitative estimate of drug-likeness (QED) is 0.477. The molecular formula is C24H27F4N7O3. The molecule has 0 aliphatic carbocycles. The largest absolute Gasteiger partial charge is 0.492 e. The van der Waals surface area contributed by atoms with Gasteiger partial charge in [0.2, 0.25) is 5.91 Å². The fraction of sp³-hybridized carbons (Fsp3) is 0.500. The molecule has 0 bridgehead atoms. The second-order valence-electron chi connectivity index (χ2n) is 9.58. The average Bonchev–Trinajstić information content (AvgIpc) is 3.31. The Morgan fingerprint density at radius 1 is 1.08 bits per heavy atom. The molecule has 2 aliphatic rings. The van der Waals surface area contributed by atoms with Gasteiger partial charge in [0.05, 0.1) is 12.1 Å². The number of carbonyl (C=O) groups excluding carboxylic acids is 1. The molecule has 3 aromatic rings. The number of halogens is 4. The van der Waals surface area contributed by atoms with Crippen molar-refractivity contribution in [1.82, 2.24) is 29.6 Å². The van der Waals surface area contributed by atoms with Gasteiger partial charge in [-0.25, -0.2) is 4.39 Å². The maximum atomic E-state index is 15.0. The number of piperidine rings is 1. The van der Waals surface area contributed by atoms with E-state index in [0.717, 1.165) is 6.54 Å². The first-order valence-electron chi connectivity index (χ1n) is 12.2. The molecule has 2 fully saturated rings. The Labute approximate surface area is 215 Å². The van der Waals surface area contributed by atoms with Gasteiger partial charge in [0.25, 0.3) is 5.82 Å². The van der Waals surface area contributed by atoms with Gasteiger partial charge >= 0.3 is 6.18 Å². The van der Waals surface area contributed by atoms with Crippen molar-refractivity contribution in [3.63, 3.8) is 0 Å². The van der Waals surface area contributed by atoms with Crippen LogP contribution in [0, 0.1) is 5.82 Å². The smallest absolute Gasteiger partial charge is 0.453 e. The van der Waals surface area contributed by atoms with Gasteiger partial charge in [-0.15, -0.1) is 15.3 Å². The highest BCUT2D eigenvalue weighted by molar-refractivity contribution is 5.78. The number of carbonyl (C=O) groups is 1. The molecule has 2 saturated heterocycles. The van der Waals surface area contributed by atoms with Crippen LogP contribution < -0.4 is 9.64 Å². The van der Waals surface area contributed by atoms with Crippen LogP contribution in [0.15, 0.2) is 30.3 Å². The van der Waals surface area contributed by atoms with Gasteiger partial charge in [0.15, 0.2) is 5.65 Å². The van der Waals surface area contributed by atoms with Crippen molar-refractivity contribution < 1.29 is 32.2 Å². The molecule has 4 heterocycles. The van der Waals surface area contributed by atoms with Gasteiger partial charge in [-0.05, 0) is 37.1 Å². The van der Waals surface area contributed by atoms with Gasteiger partial charge in [0, 0.05) is 51.4 Å². The van der Waals surface area contributed by atoms with Crippen molar-refractivity contribution in [3.05, 3.63) is 47.5 Å². The SMILES string of the molecule is CN1CCN(CCOc2ccc(C3(O)CCN(c4ccc5nnc(C(F)(F)F)n5n4)CC3)c(F)c2)CC1=O. The molecule has 0 atom stereocenters. The summed E-state index contributed by atoms with van der Waals surface area (Å²) in [5.41, 5.74) is -1.34. The van der Waals surface area contributed by atoms with Crippen LogP contribution in [0.25, 0.3) is 5.65 Å². The number of aliphatic hydroxyl groups is 1. The molecule has 2 aliphatic heterocycles. The normalized spacial score (nSPS) is 18.8. The highest BCUT2D eigenvalue weighted by Crippen LogP contribution is 2.37. The molecule has 0 unspecified atom stereocenters. The van der Waals surface area contributed by atoms with E-state index in [2.05, 4.69) is 15.3 Å². The third-order valence-corrected chi connectivity index (χ3v) is 7.07. The summed E-state index contributed by atoms with van der Waals surface area (Å²) in [6.45, 7) is 3.04. The van der Waals surface area contributed by atoms with Crippen molar-refractivity contribution in [2.75, 3.05) is 57.8 Å². The minimum absolute atomic E-state index is 0.0315. The summed E-state index contributed by atoms with van der Waals surface area (Å²) < 4.78 is 60.9. The van der Waals surface area contributed by atoms with E-state index in [0.29, 0.717) is 29.9 Å². The van der Waals surface area contributed by atoms with Crippen LogP contribution in [0.3, 0.4) is 0 Å². The predicted octanol–water partition coefficient (Wildman–Crippen LogP) is 1.92. The molecule has 1 N–H and O–H groups in total. The van der Waals surface area contributed by atoms with Crippen LogP contribution in [-0.2, 0) is 16.6 Å². The van der Waals surface area contributed by atoms with Crippen molar-refractivity contribution in [3.8, 4) is 5.75 Å². The number of aromatic nitrogens is 4. The van der Waals surface area contributed by atoms with Gasteiger partial charge < -0.3 is 19.6 Å². The number of hydrogen-bond acceptors (Lipinski definition) is 8. The number of benzene rings is 1. The Morgan fingerprint density at radius 3 is 2.53 bits per heavy atom. The number of nitrogens with zero attached hydrogens (tertiary/aromatic N) is 7. The average molecular weight is 538 g/mol. The lowest BCUT2D eigenvalue weighted by Gasteiger charge is -2.39. The van der Waals surface area contributed by atoms with Crippen LogP contribution in [0.1, 0.15) is 24.2 Å². The van der Waals surface area contributed by atoms with E-state index in [9.17, 15) is 23.1 Å². The number of anilines is 1. The van der Waals surface area contributed by atoms with Crippen molar-refractivity contribution in [1.29, 1.82) is 0 Å². The van der Waals surface area contributed by atoms with E-state index in [4.69, 9.17) is 4.74 Å². The van der Waals surface area contributed by atoms with E-state index in [-0.39, 0.29) is 55.5 Å². The second kappa shape index (κ2) is 9.98. The molecule has 10 nitrogen and oxygen atoms in total. The predicted molar refractivity (Wildman–Crippen MR) is 127 cm³/mol. The van der Waals surface area contributed by atoms with Gasteiger partial charge in [-0.3, -0.25) is 9.69 Å². The van der Waals surface area contributed by atoms with Crippen molar-refractivity contribution in [2.45, 2.75) is 24.6 Å². The molecule has 1 aromatic carbocycles. The number of amides is 1. The summed E-state index contributed by atoms with van der Waals surface area (Å²) in [7, 11) is 1.76. The number of fused-ring (bicyclic) bond motifs is 1. The van der Waals surface area contributed by atoms with Crippen LogP contribution in [0.2, 0.25) is 0 Å². The lowest BCUT2D eigenvalue weighted by molar-refractivity contribution is -0.146. The molecule has 0 spiro atoms. The first-order chi connectivity index (χ1) is 18.0. The summed E-state index contributed by atoms with van der Waals surface area (Å²) in [5, 5.41) is 21.9. The molecule has 5 rings (SSSR count). The monoisotopic (exact) mass is 537 g/mol. The highest BCUT2D eigenvalue weighted by Gasteiger charge is 2.39. The molecule has 1 amide bonds. The Morgan fingerprint density at radius 2 is 1.84 bits per heavy atom. The Balaban J connectivity index is 1.20. The maximum Gasteiger partial charge on any atom is 0.453 e. The third-order valence-electron chi connectivity index (χ3n) is 7.07. The van der Waals surface area contributed by atoms with E-state index >= 15 is 4.39 Å². The fourth-order valence-corrected chi connectivity index (χ4v) is 4.75. The summed E-state index contributed by atoms with van der Waals surface area (Å²) in [6.07, 6.45) is -4.41. The highest BCUT2D eigenvalue weighted by atomic mass is 19.4. The van der Waals surface area contributed by atoms with Crippen molar-refractivity contribution in [2.24, 2.45) is 0 Å². The lowest BCUT2D eigenvalue weighted by atomic mass is 9.84. The number of hydrogen-bond donors (Lipinski definition) is 1. The molecular weight excluding hydrogens is 510 g/mol. The Kier molecular flexibility index (Phi) is 6.86. The zero-order valence-corrected chi connectivity index (χ0v) is 20.7. The van der Waals surface area contributed by atoms with Gasteiger partial charge in [-0.2, -0.15) is 17.7 Å². The first kappa shape index (κ1) is 26.1. The maximum absolute atomic E-state index is 15.0. The number of alkyl halides is 3.